The Morgan fingerprint density at radius 1 is 1.62 bits per heavy atom. The third-order valence-corrected chi connectivity index (χ3v) is 2.73. The second kappa shape index (κ2) is 6.11. The lowest BCUT2D eigenvalue weighted by atomic mass is 10.1. The van der Waals surface area contributed by atoms with E-state index in [4.69, 9.17) is 0 Å². The minimum absolute atomic E-state index is 0.692. The van der Waals surface area contributed by atoms with E-state index in [9.17, 15) is 0 Å². The summed E-state index contributed by atoms with van der Waals surface area (Å²) in [5.41, 5.74) is 0. The molecule has 0 aliphatic carbocycles. The molecule has 2 nitrogen and oxygen atoms in total. The molecule has 1 rings (SSSR count). The molecule has 0 bridgehead atoms. The van der Waals surface area contributed by atoms with Crippen LogP contribution in [-0.4, -0.2) is 18.1 Å². The van der Waals surface area contributed by atoms with Crippen molar-refractivity contribution in [2.75, 3.05) is 13.1 Å². The lowest BCUT2D eigenvalue weighted by Crippen LogP contribution is -2.22. The molecule has 0 spiro atoms. The van der Waals surface area contributed by atoms with Crippen LogP contribution < -0.4 is 5.32 Å². The molecule has 0 fully saturated rings. The first kappa shape index (κ1) is 10.7. The van der Waals surface area contributed by atoms with E-state index in [2.05, 4.69) is 24.1 Å². The van der Waals surface area contributed by atoms with Gasteiger partial charge < -0.3 is 5.32 Å². The molecule has 0 aliphatic rings. The second-order valence-electron chi connectivity index (χ2n) is 3.44. The fourth-order valence-corrected chi connectivity index (χ4v) is 2.03. The number of hydrogen-bond donors (Lipinski definition) is 1. The summed E-state index contributed by atoms with van der Waals surface area (Å²) in [6.07, 6.45) is 4.20. The van der Waals surface area contributed by atoms with Crippen molar-refractivity contribution < 1.29 is 0 Å². The number of aromatic nitrogens is 1. The summed E-state index contributed by atoms with van der Waals surface area (Å²) in [7, 11) is 0. The van der Waals surface area contributed by atoms with E-state index in [1.165, 1.54) is 11.4 Å². The minimum Gasteiger partial charge on any atom is -0.316 e. The van der Waals surface area contributed by atoms with Crippen LogP contribution in [0.5, 0.6) is 0 Å². The van der Waals surface area contributed by atoms with E-state index in [1.807, 2.05) is 11.6 Å². The van der Waals surface area contributed by atoms with Gasteiger partial charge in [0.2, 0.25) is 0 Å². The van der Waals surface area contributed by atoms with Crippen LogP contribution in [0.25, 0.3) is 0 Å². The van der Waals surface area contributed by atoms with Crippen molar-refractivity contribution in [1.29, 1.82) is 0 Å². The van der Waals surface area contributed by atoms with E-state index in [0.29, 0.717) is 5.92 Å². The smallest absolute Gasteiger partial charge is 0.0927 e. The number of rotatable bonds is 6. The molecule has 1 aromatic rings. The minimum atomic E-state index is 0.692. The highest BCUT2D eigenvalue weighted by Gasteiger charge is 2.04. The Hall–Kier alpha value is -0.410. The summed E-state index contributed by atoms with van der Waals surface area (Å²) in [6, 6.07) is 0. The quantitative estimate of drug-likeness (QED) is 0.710. The molecule has 1 aromatic heterocycles. The van der Waals surface area contributed by atoms with Gasteiger partial charge in [0.1, 0.15) is 0 Å². The Balaban J connectivity index is 2.14. The first-order valence-corrected chi connectivity index (χ1v) is 5.80. The van der Waals surface area contributed by atoms with Crippen molar-refractivity contribution in [3.05, 3.63) is 16.6 Å². The zero-order valence-corrected chi connectivity index (χ0v) is 9.23. The molecule has 3 heteroatoms. The number of thiazole rings is 1. The van der Waals surface area contributed by atoms with Crippen molar-refractivity contribution in [1.82, 2.24) is 10.3 Å². The standard InChI is InChI=1S/C10H18N2S/c1-3-4-11-8-9(2)7-10-12-5-6-13-10/h5-6,9,11H,3-4,7-8H2,1-2H3. The topological polar surface area (TPSA) is 24.9 Å². The molecule has 1 N–H and O–H groups in total. The van der Waals surface area contributed by atoms with Gasteiger partial charge in [-0.1, -0.05) is 13.8 Å². The van der Waals surface area contributed by atoms with Crippen LogP contribution in [0.2, 0.25) is 0 Å². The monoisotopic (exact) mass is 198 g/mol. The fraction of sp³-hybridized carbons (Fsp3) is 0.700. The van der Waals surface area contributed by atoms with Gasteiger partial charge in [-0.2, -0.15) is 0 Å². The van der Waals surface area contributed by atoms with Gasteiger partial charge in [-0.3, -0.25) is 0 Å². The van der Waals surface area contributed by atoms with E-state index in [1.54, 1.807) is 11.3 Å². The van der Waals surface area contributed by atoms with Gasteiger partial charge >= 0.3 is 0 Å². The van der Waals surface area contributed by atoms with Crippen LogP contribution in [0.1, 0.15) is 25.3 Å². The molecule has 0 aliphatic heterocycles. The van der Waals surface area contributed by atoms with Gasteiger partial charge in [-0.25, -0.2) is 4.98 Å². The van der Waals surface area contributed by atoms with Crippen LogP contribution in [0.4, 0.5) is 0 Å². The Morgan fingerprint density at radius 3 is 3.08 bits per heavy atom. The van der Waals surface area contributed by atoms with Crippen LogP contribution in [0.3, 0.4) is 0 Å². The van der Waals surface area contributed by atoms with Crippen LogP contribution >= 0.6 is 11.3 Å². The Morgan fingerprint density at radius 2 is 2.46 bits per heavy atom. The highest BCUT2D eigenvalue weighted by Crippen LogP contribution is 2.10. The maximum atomic E-state index is 4.28. The normalized spacial score (nSPS) is 13.1. The van der Waals surface area contributed by atoms with Crippen molar-refractivity contribution in [3.63, 3.8) is 0 Å². The summed E-state index contributed by atoms with van der Waals surface area (Å²) in [5.74, 6) is 0.692. The molecule has 1 unspecified atom stereocenters. The molecule has 74 valence electrons. The van der Waals surface area contributed by atoms with Crippen molar-refractivity contribution in [3.8, 4) is 0 Å². The molecular formula is C10H18N2S. The molecule has 0 saturated heterocycles. The predicted molar refractivity (Wildman–Crippen MR) is 58.1 cm³/mol. The lowest BCUT2D eigenvalue weighted by molar-refractivity contribution is 0.510. The summed E-state index contributed by atoms with van der Waals surface area (Å²) in [4.78, 5) is 4.28. The molecule has 0 amide bonds. The van der Waals surface area contributed by atoms with Crippen LogP contribution in [-0.2, 0) is 6.42 Å². The van der Waals surface area contributed by atoms with E-state index in [0.717, 1.165) is 19.5 Å². The number of nitrogens with zero attached hydrogens (tertiary/aromatic N) is 1. The van der Waals surface area contributed by atoms with Gasteiger partial charge in [0.05, 0.1) is 5.01 Å². The van der Waals surface area contributed by atoms with Crippen molar-refractivity contribution in [2.45, 2.75) is 26.7 Å². The van der Waals surface area contributed by atoms with Gasteiger partial charge in [0, 0.05) is 18.0 Å². The molecule has 0 saturated carbocycles. The summed E-state index contributed by atoms with van der Waals surface area (Å²) >= 11 is 1.75. The lowest BCUT2D eigenvalue weighted by Gasteiger charge is -2.09. The fourth-order valence-electron chi connectivity index (χ4n) is 1.25. The molecule has 0 aromatic carbocycles. The molecule has 0 radical (unpaired) electrons. The maximum Gasteiger partial charge on any atom is 0.0927 e. The molecule has 1 atom stereocenters. The van der Waals surface area contributed by atoms with Gasteiger partial charge in [-0.05, 0) is 25.4 Å². The second-order valence-corrected chi connectivity index (χ2v) is 4.42. The SMILES string of the molecule is CCCNCC(C)Cc1nccs1. The molecule has 1 heterocycles. The van der Waals surface area contributed by atoms with Crippen molar-refractivity contribution in [2.24, 2.45) is 5.92 Å². The highest BCUT2D eigenvalue weighted by atomic mass is 32.1. The van der Waals surface area contributed by atoms with E-state index < -0.39 is 0 Å². The predicted octanol–water partition coefficient (Wildman–Crippen LogP) is 2.32. The van der Waals surface area contributed by atoms with E-state index in [-0.39, 0.29) is 0 Å². The zero-order valence-electron chi connectivity index (χ0n) is 8.42. The van der Waals surface area contributed by atoms with E-state index >= 15 is 0 Å². The number of nitrogens with one attached hydrogen (secondary N) is 1. The third-order valence-electron chi connectivity index (χ3n) is 1.93. The average molecular weight is 198 g/mol. The van der Waals surface area contributed by atoms with Gasteiger partial charge in [0.15, 0.2) is 0 Å². The van der Waals surface area contributed by atoms with Crippen LogP contribution in [0, 0.1) is 5.92 Å². The molecular weight excluding hydrogens is 180 g/mol. The average Bonchev–Trinajstić information content (AvgIpc) is 2.57. The Labute approximate surface area is 84.4 Å². The summed E-state index contributed by atoms with van der Waals surface area (Å²) in [5, 5.41) is 6.72. The first-order valence-electron chi connectivity index (χ1n) is 4.92. The number of hydrogen-bond acceptors (Lipinski definition) is 3. The van der Waals surface area contributed by atoms with Crippen molar-refractivity contribution >= 4 is 11.3 Å². The Kier molecular flexibility index (Phi) is 5.01. The zero-order chi connectivity index (χ0) is 9.52. The summed E-state index contributed by atoms with van der Waals surface area (Å²) in [6.45, 7) is 6.69. The van der Waals surface area contributed by atoms with Crippen LogP contribution in [0.15, 0.2) is 11.6 Å². The first-order chi connectivity index (χ1) is 6.33. The van der Waals surface area contributed by atoms with Gasteiger partial charge in [-0.15, -0.1) is 11.3 Å². The highest BCUT2D eigenvalue weighted by molar-refractivity contribution is 7.09. The largest absolute Gasteiger partial charge is 0.316 e. The Bertz CT molecular complexity index is 209. The molecule has 13 heavy (non-hydrogen) atoms. The third kappa shape index (κ3) is 4.39. The maximum absolute atomic E-state index is 4.28. The summed E-state index contributed by atoms with van der Waals surface area (Å²) < 4.78 is 0. The van der Waals surface area contributed by atoms with Gasteiger partial charge in [0.25, 0.3) is 0 Å².